The number of hydrogen-bond donors (Lipinski definition) is 4. The number of pyridine rings is 1. The molecule has 0 bridgehead atoms. The molecule has 4 aromatic rings. The molecule has 0 aliphatic carbocycles. The van der Waals surface area contributed by atoms with Gasteiger partial charge in [-0.05, 0) is 78.4 Å². The van der Waals surface area contributed by atoms with E-state index in [-0.39, 0.29) is 22.2 Å². The van der Waals surface area contributed by atoms with E-state index in [2.05, 4.69) is 26.1 Å². The molecule has 0 spiro atoms. The Labute approximate surface area is 230 Å². The second-order valence-corrected chi connectivity index (χ2v) is 8.47. The number of benzene rings is 3. The molecule has 9 nitrogen and oxygen atoms in total. The minimum Gasteiger partial charge on any atom is -0.508 e. The Hall–Kier alpha value is -5.10. The van der Waals surface area contributed by atoms with Crippen molar-refractivity contribution in [3.8, 4) is 17.2 Å². The normalized spacial score (nSPS) is 11.2. The lowest BCUT2D eigenvalue weighted by molar-refractivity contribution is -0.137. The van der Waals surface area contributed by atoms with Gasteiger partial charge in [0.1, 0.15) is 22.9 Å². The van der Waals surface area contributed by atoms with Crippen LogP contribution < -0.4 is 20.8 Å². The molecule has 13 heteroatoms. The number of carbonyl (C=O) groups excluding carboxylic acids is 2. The zero-order chi connectivity index (χ0) is 28.7. The van der Waals surface area contributed by atoms with E-state index < -0.39 is 23.7 Å². The number of alkyl halides is 3. The number of anilines is 2. The van der Waals surface area contributed by atoms with Gasteiger partial charge in [0.15, 0.2) is 0 Å². The molecule has 0 radical (unpaired) electrons. The molecule has 1 heterocycles. The zero-order valence-corrected chi connectivity index (χ0v) is 21.0. The van der Waals surface area contributed by atoms with E-state index >= 15 is 0 Å². The number of aromatic nitrogens is 1. The lowest BCUT2D eigenvalue weighted by Crippen LogP contribution is -2.20. The van der Waals surface area contributed by atoms with Crippen molar-refractivity contribution in [1.29, 1.82) is 0 Å². The molecule has 0 aliphatic rings. The number of ether oxygens (including phenoxy) is 1. The van der Waals surface area contributed by atoms with Crippen molar-refractivity contribution in [2.24, 2.45) is 5.10 Å². The van der Waals surface area contributed by atoms with E-state index in [4.69, 9.17) is 16.3 Å². The number of amides is 3. The Kier molecular flexibility index (Phi) is 8.50. The summed E-state index contributed by atoms with van der Waals surface area (Å²) >= 11 is 5.91. The minimum absolute atomic E-state index is 0.0450. The summed E-state index contributed by atoms with van der Waals surface area (Å²) in [7, 11) is 0. The van der Waals surface area contributed by atoms with Gasteiger partial charge in [0.25, 0.3) is 5.91 Å². The van der Waals surface area contributed by atoms with Crippen LogP contribution in [0.5, 0.6) is 17.2 Å². The van der Waals surface area contributed by atoms with Crippen LogP contribution in [0, 0.1) is 0 Å². The van der Waals surface area contributed by atoms with Crippen molar-refractivity contribution in [2.75, 3.05) is 10.6 Å². The number of urea groups is 1. The Bertz CT molecular complexity index is 1550. The van der Waals surface area contributed by atoms with E-state index in [0.717, 1.165) is 18.2 Å². The third-order valence-corrected chi connectivity index (χ3v) is 5.46. The summed E-state index contributed by atoms with van der Waals surface area (Å²) in [4.78, 5) is 28.7. The van der Waals surface area contributed by atoms with Crippen LogP contribution in [0.1, 0.15) is 21.6 Å². The van der Waals surface area contributed by atoms with Crippen LogP contribution >= 0.6 is 11.6 Å². The summed E-state index contributed by atoms with van der Waals surface area (Å²) in [6.07, 6.45) is -1.80. The molecule has 0 unspecified atom stereocenters. The second-order valence-electron chi connectivity index (χ2n) is 8.07. The smallest absolute Gasteiger partial charge is 0.416 e. The fourth-order valence-corrected chi connectivity index (χ4v) is 3.37. The van der Waals surface area contributed by atoms with Crippen LogP contribution in [0.3, 0.4) is 0 Å². The third kappa shape index (κ3) is 7.71. The maximum atomic E-state index is 12.9. The molecule has 0 saturated heterocycles. The monoisotopic (exact) mass is 569 g/mol. The van der Waals surface area contributed by atoms with Gasteiger partial charge in [0.2, 0.25) is 0 Å². The van der Waals surface area contributed by atoms with Crippen LogP contribution in [-0.2, 0) is 6.18 Å². The highest BCUT2D eigenvalue weighted by Gasteiger charge is 2.31. The van der Waals surface area contributed by atoms with E-state index in [9.17, 15) is 27.9 Å². The molecule has 0 aliphatic heterocycles. The third-order valence-electron chi connectivity index (χ3n) is 5.13. The van der Waals surface area contributed by atoms with Crippen LogP contribution in [0.25, 0.3) is 0 Å². The van der Waals surface area contributed by atoms with Gasteiger partial charge in [-0.2, -0.15) is 18.3 Å². The zero-order valence-electron chi connectivity index (χ0n) is 20.2. The average molecular weight is 570 g/mol. The molecular formula is C27H19ClF3N5O4. The molecular weight excluding hydrogens is 551 g/mol. The Morgan fingerprint density at radius 2 is 1.65 bits per heavy atom. The Morgan fingerprint density at radius 1 is 0.925 bits per heavy atom. The van der Waals surface area contributed by atoms with Gasteiger partial charge >= 0.3 is 12.2 Å². The molecule has 4 rings (SSSR count). The average Bonchev–Trinajstić information content (AvgIpc) is 2.91. The van der Waals surface area contributed by atoms with Gasteiger partial charge in [0.05, 0.1) is 22.5 Å². The molecule has 204 valence electrons. The number of phenols is 1. The first-order valence-corrected chi connectivity index (χ1v) is 11.8. The highest BCUT2D eigenvalue weighted by molar-refractivity contribution is 6.33. The molecule has 0 saturated carbocycles. The van der Waals surface area contributed by atoms with Crippen molar-refractivity contribution in [3.05, 3.63) is 107 Å². The number of nitrogens with zero attached hydrogens (tertiary/aromatic N) is 2. The van der Waals surface area contributed by atoms with Gasteiger partial charge in [-0.3, -0.25) is 9.78 Å². The standard InChI is InChI=1S/C27H19ClF3N5O4/c28-22-10-3-17(27(29,30)31)13-23(22)35-26(39)34-18-4-8-20(9-5-18)40-21-11-12-32-24(14-21)25(38)36-33-15-16-1-6-19(37)7-2-16/h1-15,37H,(H,36,38)(H2,34,35,39). The van der Waals surface area contributed by atoms with Gasteiger partial charge in [-0.15, -0.1) is 0 Å². The molecule has 0 atom stereocenters. The number of halogens is 4. The van der Waals surface area contributed by atoms with Gasteiger partial charge in [0, 0.05) is 18.0 Å². The largest absolute Gasteiger partial charge is 0.508 e. The summed E-state index contributed by atoms with van der Waals surface area (Å²) in [5.74, 6) is 0.208. The first-order chi connectivity index (χ1) is 19.1. The molecule has 4 N–H and O–H groups in total. The van der Waals surface area contributed by atoms with Crippen LogP contribution in [-0.4, -0.2) is 28.2 Å². The van der Waals surface area contributed by atoms with Gasteiger partial charge < -0.3 is 20.5 Å². The van der Waals surface area contributed by atoms with Crippen molar-refractivity contribution in [1.82, 2.24) is 10.4 Å². The second kappa shape index (κ2) is 12.2. The van der Waals surface area contributed by atoms with Crippen LogP contribution in [0.4, 0.5) is 29.3 Å². The Balaban J connectivity index is 1.33. The SMILES string of the molecule is O=C(Nc1ccc(Oc2ccnc(C(=O)NN=Cc3ccc(O)cc3)c2)cc1)Nc1cc(C(F)(F)F)ccc1Cl. The predicted octanol–water partition coefficient (Wildman–Crippen LogP) is 6.66. The van der Waals surface area contributed by atoms with E-state index in [1.807, 2.05) is 0 Å². The molecule has 1 aromatic heterocycles. The van der Waals surface area contributed by atoms with Gasteiger partial charge in [-0.25, -0.2) is 10.2 Å². The topological polar surface area (TPSA) is 125 Å². The van der Waals surface area contributed by atoms with Crippen molar-refractivity contribution in [3.63, 3.8) is 0 Å². The first-order valence-electron chi connectivity index (χ1n) is 11.4. The summed E-state index contributed by atoms with van der Waals surface area (Å²) in [6, 6.07) is 17.1. The minimum atomic E-state index is -4.59. The van der Waals surface area contributed by atoms with Crippen molar-refractivity contribution >= 4 is 41.1 Å². The molecule has 3 aromatic carbocycles. The summed E-state index contributed by atoms with van der Waals surface area (Å²) in [5, 5.41) is 17.9. The number of phenolic OH excluding ortho intramolecular Hbond substituents is 1. The van der Waals surface area contributed by atoms with Crippen molar-refractivity contribution in [2.45, 2.75) is 6.18 Å². The van der Waals surface area contributed by atoms with Crippen LogP contribution in [0.2, 0.25) is 5.02 Å². The quantitative estimate of drug-likeness (QED) is 0.146. The summed E-state index contributed by atoms with van der Waals surface area (Å²) < 4.78 is 44.6. The van der Waals surface area contributed by atoms with E-state index in [1.54, 1.807) is 12.1 Å². The number of rotatable bonds is 7. The number of aromatic hydroxyl groups is 1. The molecule has 0 fully saturated rings. The number of hydrazone groups is 1. The summed E-state index contributed by atoms with van der Waals surface area (Å²) in [6.45, 7) is 0. The Morgan fingerprint density at radius 3 is 2.35 bits per heavy atom. The maximum absolute atomic E-state index is 12.9. The fourth-order valence-electron chi connectivity index (χ4n) is 3.21. The van der Waals surface area contributed by atoms with E-state index in [0.29, 0.717) is 22.7 Å². The van der Waals surface area contributed by atoms with Crippen LogP contribution in [0.15, 0.2) is 90.2 Å². The predicted molar refractivity (Wildman–Crippen MR) is 143 cm³/mol. The number of nitrogens with one attached hydrogen (secondary N) is 3. The maximum Gasteiger partial charge on any atom is 0.416 e. The molecule has 40 heavy (non-hydrogen) atoms. The fraction of sp³-hybridized carbons (Fsp3) is 0.0370. The van der Waals surface area contributed by atoms with E-state index in [1.165, 1.54) is 60.9 Å². The number of carbonyl (C=O) groups is 2. The molecule has 3 amide bonds. The lowest BCUT2D eigenvalue weighted by Gasteiger charge is -2.13. The van der Waals surface area contributed by atoms with Crippen molar-refractivity contribution < 1.29 is 32.6 Å². The highest BCUT2D eigenvalue weighted by atomic mass is 35.5. The number of hydrogen-bond acceptors (Lipinski definition) is 6. The summed E-state index contributed by atoms with van der Waals surface area (Å²) in [5.41, 5.74) is 2.24. The highest BCUT2D eigenvalue weighted by Crippen LogP contribution is 2.34. The van der Waals surface area contributed by atoms with Gasteiger partial charge in [-0.1, -0.05) is 11.6 Å². The first kappa shape index (κ1) is 27.9. The lowest BCUT2D eigenvalue weighted by atomic mass is 10.2.